The summed E-state index contributed by atoms with van der Waals surface area (Å²) in [5.41, 5.74) is 5.49. The second kappa shape index (κ2) is 6.20. The normalized spacial score (nSPS) is 12.5. The van der Waals surface area contributed by atoms with E-state index in [2.05, 4.69) is 24.1 Å². The third kappa shape index (κ3) is 4.40. The fraction of sp³-hybridized carbons (Fsp3) is 0.500. The van der Waals surface area contributed by atoms with Crippen LogP contribution in [0.25, 0.3) is 0 Å². The highest BCUT2D eigenvalue weighted by atomic mass is 16.3. The van der Waals surface area contributed by atoms with Gasteiger partial charge in [-0.05, 0) is 24.5 Å². The number of carbonyl (C=O) groups is 1. The molecule has 1 unspecified atom stereocenters. The summed E-state index contributed by atoms with van der Waals surface area (Å²) in [5.74, 6) is 0.629. The molecule has 0 fully saturated rings. The Balaban J connectivity index is 2.64. The quantitative estimate of drug-likeness (QED) is 0.688. The zero-order chi connectivity index (χ0) is 12.8. The zero-order valence-electron chi connectivity index (χ0n) is 10.2. The molecule has 0 aromatic carbocycles. The number of amides is 1. The van der Waals surface area contributed by atoms with Gasteiger partial charge < -0.3 is 16.2 Å². The number of aliphatic hydroxyl groups is 1. The minimum Gasteiger partial charge on any atom is -0.394 e. The molecule has 94 valence electrons. The Morgan fingerprint density at radius 2 is 2.24 bits per heavy atom. The molecule has 1 atom stereocenters. The highest BCUT2D eigenvalue weighted by Crippen LogP contribution is 2.11. The molecule has 0 aliphatic carbocycles. The van der Waals surface area contributed by atoms with E-state index in [0.29, 0.717) is 17.3 Å². The first-order chi connectivity index (χ1) is 8.02. The Labute approximate surface area is 101 Å². The van der Waals surface area contributed by atoms with Crippen LogP contribution < -0.4 is 11.1 Å². The van der Waals surface area contributed by atoms with Gasteiger partial charge in [-0.3, -0.25) is 4.79 Å². The minimum atomic E-state index is -0.495. The fourth-order valence-corrected chi connectivity index (χ4v) is 1.58. The molecule has 0 saturated heterocycles. The predicted molar refractivity (Wildman–Crippen MR) is 66.7 cm³/mol. The first kappa shape index (κ1) is 13.4. The van der Waals surface area contributed by atoms with E-state index in [-0.39, 0.29) is 12.6 Å². The van der Waals surface area contributed by atoms with Gasteiger partial charge >= 0.3 is 0 Å². The van der Waals surface area contributed by atoms with Crippen molar-refractivity contribution in [3.63, 3.8) is 0 Å². The number of primary amides is 1. The smallest absolute Gasteiger partial charge is 0.250 e. The maximum absolute atomic E-state index is 10.9. The van der Waals surface area contributed by atoms with E-state index in [1.54, 1.807) is 12.1 Å². The highest BCUT2D eigenvalue weighted by Gasteiger charge is 2.10. The second-order valence-electron chi connectivity index (χ2n) is 4.45. The molecule has 1 aromatic heterocycles. The molecule has 5 heteroatoms. The molecule has 1 aromatic rings. The van der Waals surface area contributed by atoms with Crippen molar-refractivity contribution in [1.82, 2.24) is 4.98 Å². The lowest BCUT2D eigenvalue weighted by molar-refractivity contribution is 0.1000. The van der Waals surface area contributed by atoms with Crippen molar-refractivity contribution in [2.24, 2.45) is 11.7 Å². The van der Waals surface area contributed by atoms with Gasteiger partial charge in [0.25, 0.3) is 0 Å². The van der Waals surface area contributed by atoms with Gasteiger partial charge in [-0.15, -0.1) is 0 Å². The topological polar surface area (TPSA) is 88.2 Å². The largest absolute Gasteiger partial charge is 0.394 e. The molecule has 0 radical (unpaired) electrons. The number of anilines is 1. The van der Waals surface area contributed by atoms with Crippen molar-refractivity contribution in [3.8, 4) is 0 Å². The molecule has 17 heavy (non-hydrogen) atoms. The second-order valence-corrected chi connectivity index (χ2v) is 4.45. The number of nitrogens with two attached hydrogens (primary N) is 1. The van der Waals surface area contributed by atoms with Crippen LogP contribution in [-0.4, -0.2) is 28.6 Å². The van der Waals surface area contributed by atoms with Crippen molar-refractivity contribution < 1.29 is 9.90 Å². The third-order valence-corrected chi connectivity index (χ3v) is 2.38. The van der Waals surface area contributed by atoms with Crippen molar-refractivity contribution in [1.29, 1.82) is 0 Å². The average Bonchev–Trinajstić information content (AvgIpc) is 2.28. The number of hydrogen-bond donors (Lipinski definition) is 3. The molecule has 0 spiro atoms. The molecular formula is C12H19N3O2. The number of aromatic nitrogens is 1. The van der Waals surface area contributed by atoms with E-state index in [0.717, 1.165) is 6.42 Å². The summed E-state index contributed by atoms with van der Waals surface area (Å²) in [5, 5.41) is 12.3. The van der Waals surface area contributed by atoms with E-state index in [1.165, 1.54) is 6.20 Å². The number of nitrogens with one attached hydrogen (secondary N) is 1. The number of hydrogen-bond acceptors (Lipinski definition) is 4. The predicted octanol–water partition coefficient (Wildman–Crippen LogP) is 0.999. The van der Waals surface area contributed by atoms with Crippen LogP contribution in [0.2, 0.25) is 0 Å². The number of nitrogens with zero attached hydrogens (tertiary/aromatic N) is 1. The summed E-state index contributed by atoms with van der Waals surface area (Å²) in [4.78, 5) is 14.9. The summed E-state index contributed by atoms with van der Waals surface area (Å²) in [6.45, 7) is 4.24. The Morgan fingerprint density at radius 1 is 1.53 bits per heavy atom. The summed E-state index contributed by atoms with van der Waals surface area (Å²) in [6.07, 6.45) is 2.28. The minimum absolute atomic E-state index is 0.0260. The lowest BCUT2D eigenvalue weighted by atomic mass is 10.0. The third-order valence-electron chi connectivity index (χ3n) is 2.38. The molecule has 0 saturated carbocycles. The van der Waals surface area contributed by atoms with E-state index in [1.807, 2.05) is 0 Å². The van der Waals surface area contributed by atoms with Gasteiger partial charge in [-0.2, -0.15) is 0 Å². The van der Waals surface area contributed by atoms with Gasteiger partial charge in [0.1, 0.15) is 5.82 Å². The van der Waals surface area contributed by atoms with Gasteiger partial charge in [0.15, 0.2) is 0 Å². The Kier molecular flexibility index (Phi) is 4.90. The lowest BCUT2D eigenvalue weighted by Gasteiger charge is -2.18. The molecule has 1 heterocycles. The van der Waals surface area contributed by atoms with Gasteiger partial charge in [0, 0.05) is 6.20 Å². The molecular weight excluding hydrogens is 218 g/mol. The van der Waals surface area contributed by atoms with Crippen LogP contribution >= 0.6 is 0 Å². The maximum Gasteiger partial charge on any atom is 0.250 e. The summed E-state index contributed by atoms with van der Waals surface area (Å²) in [7, 11) is 0. The van der Waals surface area contributed by atoms with Crippen molar-refractivity contribution in [2.75, 3.05) is 11.9 Å². The standard InChI is InChI=1S/C12H19N3O2/c1-8(2)5-10(7-16)15-11-4-3-9(6-14-11)12(13)17/h3-4,6,8,10,16H,5,7H2,1-2H3,(H2,13,17)(H,14,15). The summed E-state index contributed by atoms with van der Waals surface area (Å²) >= 11 is 0. The van der Waals surface area contributed by atoms with Crippen molar-refractivity contribution >= 4 is 11.7 Å². The maximum atomic E-state index is 10.9. The summed E-state index contributed by atoms with van der Waals surface area (Å²) in [6, 6.07) is 3.27. The van der Waals surface area contributed by atoms with Gasteiger partial charge in [-0.1, -0.05) is 13.8 Å². The van der Waals surface area contributed by atoms with E-state index < -0.39 is 5.91 Å². The molecule has 4 N–H and O–H groups in total. The molecule has 1 rings (SSSR count). The first-order valence-electron chi connectivity index (χ1n) is 5.66. The molecule has 5 nitrogen and oxygen atoms in total. The van der Waals surface area contributed by atoms with Crippen LogP contribution in [0.3, 0.4) is 0 Å². The van der Waals surface area contributed by atoms with E-state index in [9.17, 15) is 9.90 Å². The fourth-order valence-electron chi connectivity index (χ4n) is 1.58. The number of rotatable bonds is 6. The first-order valence-corrected chi connectivity index (χ1v) is 5.66. The molecule has 0 aliphatic rings. The van der Waals surface area contributed by atoms with Gasteiger partial charge in [0.2, 0.25) is 5.91 Å². The molecule has 0 bridgehead atoms. The van der Waals surface area contributed by atoms with Crippen LogP contribution in [0, 0.1) is 5.92 Å². The van der Waals surface area contributed by atoms with Crippen LogP contribution in [-0.2, 0) is 0 Å². The van der Waals surface area contributed by atoms with Crippen molar-refractivity contribution in [3.05, 3.63) is 23.9 Å². The number of carbonyl (C=O) groups excluding carboxylic acids is 1. The summed E-state index contributed by atoms with van der Waals surface area (Å²) < 4.78 is 0. The van der Waals surface area contributed by atoms with Crippen LogP contribution in [0.1, 0.15) is 30.6 Å². The Morgan fingerprint density at radius 3 is 2.65 bits per heavy atom. The highest BCUT2D eigenvalue weighted by molar-refractivity contribution is 5.92. The SMILES string of the molecule is CC(C)CC(CO)Nc1ccc(C(N)=O)cn1. The molecule has 0 aliphatic heterocycles. The van der Waals surface area contributed by atoms with Crippen LogP contribution in [0.5, 0.6) is 0 Å². The van der Waals surface area contributed by atoms with Crippen LogP contribution in [0.4, 0.5) is 5.82 Å². The lowest BCUT2D eigenvalue weighted by Crippen LogP contribution is -2.26. The van der Waals surface area contributed by atoms with E-state index in [4.69, 9.17) is 5.73 Å². The van der Waals surface area contributed by atoms with Gasteiger partial charge in [0.05, 0.1) is 18.2 Å². The average molecular weight is 237 g/mol. The van der Waals surface area contributed by atoms with Gasteiger partial charge in [-0.25, -0.2) is 4.98 Å². The Bertz CT molecular complexity index is 363. The van der Waals surface area contributed by atoms with Crippen LogP contribution in [0.15, 0.2) is 18.3 Å². The van der Waals surface area contributed by atoms with Crippen molar-refractivity contribution in [2.45, 2.75) is 26.3 Å². The Hall–Kier alpha value is -1.62. The monoisotopic (exact) mass is 237 g/mol. The van der Waals surface area contributed by atoms with E-state index >= 15 is 0 Å². The number of aliphatic hydroxyl groups excluding tert-OH is 1. The number of pyridine rings is 1. The zero-order valence-corrected chi connectivity index (χ0v) is 10.2. The molecule has 1 amide bonds.